The zero-order valence-corrected chi connectivity index (χ0v) is 20.8. The minimum atomic E-state index is -0.589. The van der Waals surface area contributed by atoms with E-state index in [2.05, 4.69) is 10.6 Å². The SMILES string of the molecule is CCOc1ccccc1NC(=O)C(Sc1cc(C(=O)NC2CC2)c2ccccc2n1)c1ccccc1. The van der Waals surface area contributed by atoms with Gasteiger partial charge in [-0.15, -0.1) is 0 Å². The predicted molar refractivity (Wildman–Crippen MR) is 144 cm³/mol. The Hall–Kier alpha value is -3.84. The van der Waals surface area contributed by atoms with Gasteiger partial charge in [0, 0.05) is 11.4 Å². The summed E-state index contributed by atoms with van der Waals surface area (Å²) in [6.45, 7) is 2.40. The van der Waals surface area contributed by atoms with Gasteiger partial charge in [-0.1, -0.05) is 72.4 Å². The third-order valence-corrected chi connectivity index (χ3v) is 7.05. The summed E-state index contributed by atoms with van der Waals surface area (Å²) in [6.07, 6.45) is 2.02. The first-order chi connectivity index (χ1) is 17.6. The summed E-state index contributed by atoms with van der Waals surface area (Å²) in [7, 11) is 0. The van der Waals surface area contributed by atoms with Crippen LogP contribution in [0.15, 0.2) is 90.0 Å². The van der Waals surface area contributed by atoms with E-state index in [1.165, 1.54) is 11.8 Å². The van der Waals surface area contributed by atoms with Crippen molar-refractivity contribution in [2.75, 3.05) is 11.9 Å². The van der Waals surface area contributed by atoms with Crippen molar-refractivity contribution in [3.8, 4) is 5.75 Å². The third-order valence-electron chi connectivity index (χ3n) is 5.87. The maximum absolute atomic E-state index is 13.6. The maximum Gasteiger partial charge on any atom is 0.252 e. The highest BCUT2D eigenvalue weighted by Gasteiger charge is 2.27. The molecule has 5 rings (SSSR count). The number of pyridine rings is 1. The summed E-state index contributed by atoms with van der Waals surface area (Å²) >= 11 is 1.33. The molecule has 1 fully saturated rings. The van der Waals surface area contributed by atoms with Crippen molar-refractivity contribution < 1.29 is 14.3 Å². The van der Waals surface area contributed by atoms with Crippen LogP contribution in [0.4, 0.5) is 5.69 Å². The number of amides is 2. The molecule has 1 aliphatic rings. The van der Waals surface area contributed by atoms with E-state index in [1.54, 1.807) is 6.07 Å². The molecule has 0 aliphatic heterocycles. The number of hydrogen-bond donors (Lipinski definition) is 2. The van der Waals surface area contributed by atoms with Crippen LogP contribution in [-0.4, -0.2) is 29.4 Å². The molecule has 182 valence electrons. The first kappa shape index (κ1) is 23.9. The van der Waals surface area contributed by atoms with Gasteiger partial charge in [0.1, 0.15) is 11.0 Å². The van der Waals surface area contributed by atoms with Crippen LogP contribution in [0.2, 0.25) is 0 Å². The molecule has 1 atom stereocenters. The van der Waals surface area contributed by atoms with Gasteiger partial charge < -0.3 is 15.4 Å². The molecule has 0 saturated heterocycles. The Balaban J connectivity index is 1.49. The normalized spacial score (nSPS) is 13.7. The number of anilines is 1. The van der Waals surface area contributed by atoms with Crippen LogP contribution in [0.3, 0.4) is 0 Å². The molecular formula is C29H27N3O3S. The fourth-order valence-electron chi connectivity index (χ4n) is 3.96. The number of fused-ring (bicyclic) bond motifs is 1. The van der Waals surface area contributed by atoms with E-state index < -0.39 is 5.25 Å². The minimum absolute atomic E-state index is 0.107. The van der Waals surface area contributed by atoms with Crippen LogP contribution in [-0.2, 0) is 4.79 Å². The maximum atomic E-state index is 13.6. The first-order valence-electron chi connectivity index (χ1n) is 12.1. The average molecular weight is 498 g/mol. The lowest BCUT2D eigenvalue weighted by Gasteiger charge is -2.19. The second kappa shape index (κ2) is 10.8. The van der Waals surface area contributed by atoms with Gasteiger partial charge in [0.15, 0.2) is 0 Å². The number of benzene rings is 3. The van der Waals surface area contributed by atoms with E-state index in [0.29, 0.717) is 28.6 Å². The van der Waals surface area contributed by atoms with Crippen molar-refractivity contribution in [2.24, 2.45) is 0 Å². The second-order valence-electron chi connectivity index (χ2n) is 8.60. The van der Waals surface area contributed by atoms with Gasteiger partial charge >= 0.3 is 0 Å². The van der Waals surface area contributed by atoms with Crippen LogP contribution in [0.25, 0.3) is 10.9 Å². The Morgan fingerprint density at radius 3 is 2.50 bits per heavy atom. The Kier molecular flexibility index (Phi) is 7.18. The Bertz CT molecular complexity index is 1390. The monoisotopic (exact) mass is 497 g/mol. The summed E-state index contributed by atoms with van der Waals surface area (Å²) in [5.41, 5.74) is 2.75. The number of thioether (sulfide) groups is 1. The molecule has 1 aliphatic carbocycles. The van der Waals surface area contributed by atoms with Crippen LogP contribution >= 0.6 is 11.8 Å². The van der Waals surface area contributed by atoms with Crippen molar-refractivity contribution in [3.63, 3.8) is 0 Å². The van der Waals surface area contributed by atoms with E-state index in [0.717, 1.165) is 29.3 Å². The van der Waals surface area contributed by atoms with E-state index in [-0.39, 0.29) is 17.9 Å². The number of nitrogens with one attached hydrogen (secondary N) is 2. The third kappa shape index (κ3) is 5.52. The van der Waals surface area contributed by atoms with Gasteiger partial charge in [0.05, 0.1) is 28.4 Å². The van der Waals surface area contributed by atoms with Crippen LogP contribution < -0.4 is 15.4 Å². The molecule has 7 heteroatoms. The predicted octanol–water partition coefficient (Wildman–Crippen LogP) is 6.00. The van der Waals surface area contributed by atoms with E-state index >= 15 is 0 Å². The molecule has 1 unspecified atom stereocenters. The summed E-state index contributed by atoms with van der Waals surface area (Å²) in [4.78, 5) is 31.5. The molecule has 36 heavy (non-hydrogen) atoms. The molecule has 4 aromatic rings. The average Bonchev–Trinajstić information content (AvgIpc) is 3.72. The number of ether oxygens (including phenoxy) is 1. The number of para-hydroxylation sites is 3. The molecule has 1 aromatic heterocycles. The molecule has 2 N–H and O–H groups in total. The molecular weight excluding hydrogens is 470 g/mol. The fourth-order valence-corrected chi connectivity index (χ4v) is 5.00. The second-order valence-corrected chi connectivity index (χ2v) is 9.73. The lowest BCUT2D eigenvalue weighted by atomic mass is 10.1. The fraction of sp³-hybridized carbons (Fsp3) is 0.207. The molecule has 0 bridgehead atoms. The highest BCUT2D eigenvalue weighted by molar-refractivity contribution is 8.00. The van der Waals surface area contributed by atoms with Crippen molar-refractivity contribution >= 4 is 40.2 Å². The Labute approximate surface area is 214 Å². The van der Waals surface area contributed by atoms with Gasteiger partial charge in [-0.3, -0.25) is 9.59 Å². The summed E-state index contributed by atoms with van der Waals surface area (Å²) in [5.74, 6) is 0.314. The molecule has 6 nitrogen and oxygen atoms in total. The van der Waals surface area contributed by atoms with Crippen molar-refractivity contribution in [1.29, 1.82) is 0 Å². The summed E-state index contributed by atoms with van der Waals surface area (Å²) in [5, 5.41) is 6.93. The highest BCUT2D eigenvalue weighted by atomic mass is 32.2. The van der Waals surface area contributed by atoms with Gasteiger partial charge in [-0.05, 0) is 49.6 Å². The number of rotatable bonds is 9. The zero-order chi connectivity index (χ0) is 24.9. The minimum Gasteiger partial charge on any atom is -0.492 e. The number of hydrogen-bond acceptors (Lipinski definition) is 5. The van der Waals surface area contributed by atoms with Crippen molar-refractivity contribution in [1.82, 2.24) is 10.3 Å². The molecule has 3 aromatic carbocycles. The van der Waals surface area contributed by atoms with Gasteiger partial charge in [-0.2, -0.15) is 0 Å². The van der Waals surface area contributed by atoms with Crippen LogP contribution in [0.5, 0.6) is 5.75 Å². The number of nitrogens with zero attached hydrogens (tertiary/aromatic N) is 1. The summed E-state index contributed by atoms with van der Waals surface area (Å²) in [6, 6.07) is 26.6. The standard InChI is InChI=1S/C29H27N3O3S/c1-2-35-25-15-9-8-14-24(25)32-29(34)27(19-10-4-3-5-11-19)36-26-18-22(28(33)30-20-16-17-20)21-12-6-7-13-23(21)31-26/h3-15,18,20,27H,2,16-17H2,1H3,(H,30,33)(H,32,34). The Morgan fingerprint density at radius 1 is 1.00 bits per heavy atom. The lowest BCUT2D eigenvalue weighted by molar-refractivity contribution is -0.115. The molecule has 0 radical (unpaired) electrons. The van der Waals surface area contributed by atoms with Gasteiger partial charge in [0.2, 0.25) is 5.91 Å². The van der Waals surface area contributed by atoms with E-state index in [1.807, 2.05) is 85.8 Å². The lowest BCUT2D eigenvalue weighted by Crippen LogP contribution is -2.25. The number of carbonyl (C=O) groups excluding carboxylic acids is 2. The molecule has 1 saturated carbocycles. The Morgan fingerprint density at radius 2 is 1.72 bits per heavy atom. The number of carbonyl (C=O) groups is 2. The first-order valence-corrected chi connectivity index (χ1v) is 13.0. The van der Waals surface area contributed by atoms with Crippen LogP contribution in [0, 0.1) is 0 Å². The largest absolute Gasteiger partial charge is 0.492 e. The number of aromatic nitrogens is 1. The molecule has 0 spiro atoms. The van der Waals surface area contributed by atoms with Crippen molar-refractivity contribution in [3.05, 3.63) is 96.1 Å². The topological polar surface area (TPSA) is 80.3 Å². The van der Waals surface area contributed by atoms with Crippen LogP contribution in [0.1, 0.15) is 40.9 Å². The molecule has 2 amide bonds. The van der Waals surface area contributed by atoms with E-state index in [9.17, 15) is 9.59 Å². The van der Waals surface area contributed by atoms with Crippen molar-refractivity contribution in [2.45, 2.75) is 36.1 Å². The van der Waals surface area contributed by atoms with Gasteiger partial charge in [-0.25, -0.2) is 4.98 Å². The van der Waals surface area contributed by atoms with E-state index in [4.69, 9.17) is 9.72 Å². The smallest absolute Gasteiger partial charge is 0.252 e. The summed E-state index contributed by atoms with van der Waals surface area (Å²) < 4.78 is 5.69. The quantitative estimate of drug-likeness (QED) is 0.277. The zero-order valence-electron chi connectivity index (χ0n) is 19.9. The highest BCUT2D eigenvalue weighted by Crippen LogP contribution is 2.38. The van der Waals surface area contributed by atoms with Gasteiger partial charge in [0.25, 0.3) is 5.91 Å². The molecule has 1 heterocycles.